The lowest BCUT2D eigenvalue weighted by Crippen LogP contribution is -2.35. The predicted molar refractivity (Wildman–Crippen MR) is 79.6 cm³/mol. The minimum Gasteiger partial charge on any atom is -0.311 e. The molecule has 1 aromatic rings. The third-order valence-electron chi connectivity index (χ3n) is 4.14. The SMILES string of the molecule is CN(CCNCc1cc(F)ccc1[N+](=O)[O-])C1CCCC1. The Hall–Kier alpha value is -1.53. The van der Waals surface area contributed by atoms with Crippen LogP contribution >= 0.6 is 0 Å². The molecule has 0 aliphatic heterocycles. The molecule has 0 unspecified atom stereocenters. The molecule has 1 aliphatic carbocycles. The van der Waals surface area contributed by atoms with Crippen LogP contribution in [0, 0.1) is 15.9 Å². The molecule has 0 heterocycles. The highest BCUT2D eigenvalue weighted by Gasteiger charge is 2.19. The fraction of sp³-hybridized carbons (Fsp3) is 0.600. The maximum absolute atomic E-state index is 13.2. The highest BCUT2D eigenvalue weighted by Crippen LogP contribution is 2.22. The van der Waals surface area contributed by atoms with Gasteiger partial charge in [0.1, 0.15) is 5.82 Å². The van der Waals surface area contributed by atoms with Crippen LogP contribution in [-0.2, 0) is 6.54 Å². The van der Waals surface area contributed by atoms with Gasteiger partial charge in [-0.3, -0.25) is 10.1 Å². The average molecular weight is 295 g/mol. The molecule has 1 saturated carbocycles. The second-order valence-electron chi connectivity index (χ2n) is 5.63. The van der Waals surface area contributed by atoms with Crippen LogP contribution in [0.2, 0.25) is 0 Å². The Morgan fingerprint density at radius 1 is 1.43 bits per heavy atom. The molecular formula is C15H22FN3O2. The first-order valence-corrected chi connectivity index (χ1v) is 7.41. The van der Waals surface area contributed by atoms with Gasteiger partial charge in [-0.1, -0.05) is 12.8 Å². The molecule has 0 radical (unpaired) electrons. The third-order valence-corrected chi connectivity index (χ3v) is 4.14. The number of nitrogens with one attached hydrogen (secondary N) is 1. The number of halogens is 1. The molecule has 1 aromatic carbocycles. The highest BCUT2D eigenvalue weighted by atomic mass is 19.1. The molecule has 1 fully saturated rings. The molecule has 0 saturated heterocycles. The molecule has 2 rings (SSSR count). The first-order chi connectivity index (χ1) is 10.1. The van der Waals surface area contributed by atoms with E-state index in [9.17, 15) is 14.5 Å². The number of benzene rings is 1. The van der Waals surface area contributed by atoms with Crippen molar-refractivity contribution in [3.8, 4) is 0 Å². The fourth-order valence-electron chi connectivity index (χ4n) is 2.88. The summed E-state index contributed by atoms with van der Waals surface area (Å²) in [6.07, 6.45) is 5.12. The molecule has 0 aromatic heterocycles. The summed E-state index contributed by atoms with van der Waals surface area (Å²) in [5.74, 6) is -0.444. The minimum absolute atomic E-state index is 0.0342. The lowest BCUT2D eigenvalue weighted by Gasteiger charge is -2.23. The largest absolute Gasteiger partial charge is 0.311 e. The Morgan fingerprint density at radius 2 is 2.14 bits per heavy atom. The second kappa shape index (κ2) is 7.47. The van der Waals surface area contributed by atoms with Crippen LogP contribution in [0.15, 0.2) is 18.2 Å². The van der Waals surface area contributed by atoms with Gasteiger partial charge in [-0.25, -0.2) is 4.39 Å². The Kier molecular flexibility index (Phi) is 5.64. The van der Waals surface area contributed by atoms with Gasteiger partial charge in [0.05, 0.1) is 4.92 Å². The van der Waals surface area contributed by atoms with Gasteiger partial charge in [-0.2, -0.15) is 0 Å². The average Bonchev–Trinajstić information content (AvgIpc) is 2.97. The maximum Gasteiger partial charge on any atom is 0.274 e. The normalized spacial score (nSPS) is 15.8. The van der Waals surface area contributed by atoms with E-state index in [2.05, 4.69) is 17.3 Å². The Balaban J connectivity index is 1.80. The number of rotatable bonds is 7. The van der Waals surface area contributed by atoms with Crippen LogP contribution in [-0.4, -0.2) is 36.0 Å². The van der Waals surface area contributed by atoms with E-state index in [1.807, 2.05) is 0 Å². The van der Waals surface area contributed by atoms with Crippen molar-refractivity contribution in [2.75, 3.05) is 20.1 Å². The van der Waals surface area contributed by atoms with Gasteiger partial charge >= 0.3 is 0 Å². The van der Waals surface area contributed by atoms with Crippen LogP contribution in [0.1, 0.15) is 31.2 Å². The van der Waals surface area contributed by atoms with Gasteiger partial charge in [0.2, 0.25) is 0 Å². The number of nitro benzene ring substituents is 1. The molecule has 1 N–H and O–H groups in total. The van der Waals surface area contributed by atoms with Crippen molar-refractivity contribution < 1.29 is 9.31 Å². The topological polar surface area (TPSA) is 58.4 Å². The summed E-state index contributed by atoms with van der Waals surface area (Å²) in [5.41, 5.74) is 0.358. The Bertz CT molecular complexity index is 490. The van der Waals surface area contributed by atoms with Crippen molar-refractivity contribution in [1.82, 2.24) is 10.2 Å². The maximum atomic E-state index is 13.2. The van der Waals surface area contributed by atoms with E-state index in [0.717, 1.165) is 19.2 Å². The van der Waals surface area contributed by atoms with E-state index < -0.39 is 10.7 Å². The van der Waals surface area contributed by atoms with Gasteiger partial charge in [0.15, 0.2) is 0 Å². The van der Waals surface area contributed by atoms with Crippen molar-refractivity contribution in [1.29, 1.82) is 0 Å². The quantitative estimate of drug-likeness (QED) is 0.477. The number of likely N-dealkylation sites (N-methyl/N-ethyl adjacent to an activating group) is 1. The number of hydrogen-bond acceptors (Lipinski definition) is 4. The first kappa shape index (κ1) is 15.9. The molecule has 0 atom stereocenters. The number of hydrogen-bond donors (Lipinski definition) is 1. The summed E-state index contributed by atoms with van der Waals surface area (Å²) in [7, 11) is 2.11. The zero-order valence-electron chi connectivity index (χ0n) is 12.3. The molecule has 6 heteroatoms. The summed E-state index contributed by atoms with van der Waals surface area (Å²) in [5, 5.41) is 14.1. The summed E-state index contributed by atoms with van der Waals surface area (Å²) < 4.78 is 13.2. The van der Waals surface area contributed by atoms with E-state index >= 15 is 0 Å². The van der Waals surface area contributed by atoms with Crippen LogP contribution in [0.25, 0.3) is 0 Å². The van der Waals surface area contributed by atoms with E-state index in [1.54, 1.807) is 0 Å². The van der Waals surface area contributed by atoms with E-state index in [-0.39, 0.29) is 5.69 Å². The summed E-state index contributed by atoms with van der Waals surface area (Å²) >= 11 is 0. The predicted octanol–water partition coefficient (Wildman–Crippen LogP) is 2.70. The van der Waals surface area contributed by atoms with Gasteiger partial charge in [0.25, 0.3) is 5.69 Å². The summed E-state index contributed by atoms with van der Waals surface area (Å²) in [6.45, 7) is 1.95. The minimum atomic E-state index is -0.471. The smallest absolute Gasteiger partial charge is 0.274 e. The van der Waals surface area contributed by atoms with Crippen molar-refractivity contribution in [2.24, 2.45) is 0 Å². The molecule has 1 aliphatic rings. The van der Waals surface area contributed by atoms with E-state index in [1.165, 1.54) is 37.8 Å². The highest BCUT2D eigenvalue weighted by molar-refractivity contribution is 5.40. The van der Waals surface area contributed by atoms with E-state index in [0.29, 0.717) is 18.2 Å². The van der Waals surface area contributed by atoms with Gasteiger partial charge in [-0.05, 0) is 32.0 Å². The van der Waals surface area contributed by atoms with Crippen molar-refractivity contribution in [3.05, 3.63) is 39.7 Å². The third kappa shape index (κ3) is 4.47. The van der Waals surface area contributed by atoms with Crippen LogP contribution in [0.3, 0.4) is 0 Å². The molecule has 0 amide bonds. The first-order valence-electron chi connectivity index (χ1n) is 7.41. The molecule has 116 valence electrons. The number of nitro groups is 1. The summed E-state index contributed by atoms with van der Waals surface area (Å²) in [6, 6.07) is 4.23. The van der Waals surface area contributed by atoms with Crippen LogP contribution in [0.5, 0.6) is 0 Å². The number of nitrogens with zero attached hydrogens (tertiary/aromatic N) is 2. The molecule has 5 nitrogen and oxygen atoms in total. The Morgan fingerprint density at radius 3 is 2.81 bits per heavy atom. The van der Waals surface area contributed by atoms with Crippen LogP contribution in [0.4, 0.5) is 10.1 Å². The monoisotopic (exact) mass is 295 g/mol. The van der Waals surface area contributed by atoms with Gasteiger partial charge in [-0.15, -0.1) is 0 Å². The molecular weight excluding hydrogens is 273 g/mol. The second-order valence-corrected chi connectivity index (χ2v) is 5.63. The molecule has 0 spiro atoms. The lowest BCUT2D eigenvalue weighted by atomic mass is 10.1. The van der Waals surface area contributed by atoms with Gasteiger partial charge < -0.3 is 10.2 Å². The Labute approximate surface area is 124 Å². The molecule has 0 bridgehead atoms. The molecule has 21 heavy (non-hydrogen) atoms. The van der Waals surface area contributed by atoms with E-state index in [4.69, 9.17) is 0 Å². The standard InChI is InChI=1S/C15H22FN3O2/c1-18(14-4-2-3-5-14)9-8-17-11-12-10-13(16)6-7-15(12)19(20)21/h6-7,10,14,17H,2-5,8-9,11H2,1H3. The fourth-order valence-corrected chi connectivity index (χ4v) is 2.88. The van der Waals surface area contributed by atoms with Crippen molar-refractivity contribution in [3.63, 3.8) is 0 Å². The van der Waals surface area contributed by atoms with Crippen LogP contribution < -0.4 is 5.32 Å². The lowest BCUT2D eigenvalue weighted by molar-refractivity contribution is -0.385. The zero-order valence-corrected chi connectivity index (χ0v) is 12.3. The van der Waals surface area contributed by atoms with Crippen molar-refractivity contribution >= 4 is 5.69 Å². The van der Waals surface area contributed by atoms with Crippen molar-refractivity contribution in [2.45, 2.75) is 38.3 Å². The summed E-state index contributed by atoms with van der Waals surface area (Å²) in [4.78, 5) is 12.8. The van der Waals surface area contributed by atoms with Gasteiger partial charge in [0, 0.05) is 37.3 Å². The zero-order chi connectivity index (χ0) is 15.2.